The number of carbonyl (C=O) groups is 2. The predicted molar refractivity (Wildman–Crippen MR) is 134 cm³/mol. The van der Waals surface area contributed by atoms with E-state index in [9.17, 15) is 9.59 Å². The average Bonchev–Trinajstić information content (AvgIpc) is 3.09. The van der Waals surface area contributed by atoms with E-state index in [1.54, 1.807) is 43.3 Å². The van der Waals surface area contributed by atoms with Crippen LogP contribution in [0.1, 0.15) is 11.3 Å². The molecule has 0 aliphatic carbocycles. The van der Waals surface area contributed by atoms with Crippen molar-refractivity contribution in [3.05, 3.63) is 79.9 Å². The molecule has 2 aromatic carbocycles. The molecule has 2 heterocycles. The minimum Gasteiger partial charge on any atom is -0.449 e. The topological polar surface area (TPSA) is 62.6 Å². The van der Waals surface area contributed by atoms with E-state index in [1.807, 2.05) is 12.1 Å². The van der Waals surface area contributed by atoms with E-state index in [2.05, 4.69) is 21.2 Å². The Hall–Kier alpha value is -2.10. The molecular weight excluding hydrogens is 555 g/mol. The average molecular weight is 568 g/mol. The second kappa shape index (κ2) is 9.41. The van der Waals surface area contributed by atoms with Crippen LogP contribution in [0, 0.1) is 6.92 Å². The van der Waals surface area contributed by atoms with E-state index in [4.69, 9.17) is 39.8 Å². The monoisotopic (exact) mass is 566 g/mol. The van der Waals surface area contributed by atoms with Gasteiger partial charge in [0.2, 0.25) is 0 Å². The van der Waals surface area contributed by atoms with Crippen molar-refractivity contribution in [3.63, 3.8) is 0 Å². The molecule has 32 heavy (non-hydrogen) atoms. The van der Waals surface area contributed by atoms with Gasteiger partial charge in [-0.25, -0.2) is 0 Å². The smallest absolute Gasteiger partial charge is 0.270 e. The molecule has 162 valence electrons. The summed E-state index contributed by atoms with van der Waals surface area (Å²) in [6.07, 6.45) is 1.39. The van der Waals surface area contributed by atoms with Crippen molar-refractivity contribution in [2.45, 2.75) is 16.9 Å². The van der Waals surface area contributed by atoms with Gasteiger partial charge >= 0.3 is 0 Å². The summed E-state index contributed by atoms with van der Waals surface area (Å²) < 4.78 is 6.55. The molecule has 1 aliphatic heterocycles. The fraction of sp³-hybridized carbons (Fsp3) is 0.0455. The third-order valence-corrected chi connectivity index (χ3v) is 7.36. The standard InChI is InChI=1S/C22H13BrCl2N2O3S2/c1-11-17(25)3-2-4-18(11)27-20(29)15(19(28)26-22(27)31)9-13-10-16(23)21(30-13)32-14-7-5-12(24)6-8-14/h2-10H,1H3,(H,26,28,31)/b15-9+. The van der Waals surface area contributed by atoms with Gasteiger partial charge in [0.1, 0.15) is 11.3 Å². The van der Waals surface area contributed by atoms with Gasteiger partial charge in [-0.05, 0) is 89.2 Å². The molecule has 1 N–H and O–H groups in total. The molecule has 1 aliphatic rings. The van der Waals surface area contributed by atoms with Crippen molar-refractivity contribution in [3.8, 4) is 0 Å². The second-order valence-corrected chi connectivity index (χ2v) is 9.81. The quantitative estimate of drug-likeness (QED) is 0.217. The number of benzene rings is 2. The van der Waals surface area contributed by atoms with E-state index in [0.717, 1.165) is 4.90 Å². The van der Waals surface area contributed by atoms with Crippen LogP contribution < -0.4 is 10.2 Å². The molecule has 0 radical (unpaired) electrons. The molecule has 1 fully saturated rings. The Kier molecular flexibility index (Phi) is 6.78. The van der Waals surface area contributed by atoms with Crippen molar-refractivity contribution >= 4 is 91.8 Å². The minimum atomic E-state index is -0.602. The maximum absolute atomic E-state index is 13.2. The molecule has 0 atom stereocenters. The summed E-state index contributed by atoms with van der Waals surface area (Å²) in [6, 6.07) is 14.1. The highest BCUT2D eigenvalue weighted by molar-refractivity contribution is 9.10. The number of halogens is 3. The number of thiocarbonyl (C=S) groups is 1. The van der Waals surface area contributed by atoms with Crippen molar-refractivity contribution in [2.24, 2.45) is 0 Å². The number of rotatable bonds is 4. The number of nitrogens with zero attached hydrogens (tertiary/aromatic N) is 1. The summed E-state index contributed by atoms with van der Waals surface area (Å²) in [5.41, 5.74) is 1.06. The van der Waals surface area contributed by atoms with E-state index in [0.29, 0.717) is 36.6 Å². The summed E-state index contributed by atoms with van der Waals surface area (Å²) >= 11 is 22.2. The highest BCUT2D eigenvalue weighted by Gasteiger charge is 2.35. The number of hydrogen-bond acceptors (Lipinski definition) is 5. The molecule has 10 heteroatoms. The first kappa shape index (κ1) is 23.1. The van der Waals surface area contributed by atoms with Crippen molar-refractivity contribution in [1.29, 1.82) is 0 Å². The van der Waals surface area contributed by atoms with Gasteiger partial charge in [-0.1, -0.05) is 41.0 Å². The number of nitrogens with one attached hydrogen (secondary N) is 1. The third-order valence-electron chi connectivity index (χ3n) is 4.57. The first-order valence-corrected chi connectivity index (χ1v) is 11.9. The molecule has 5 nitrogen and oxygen atoms in total. The largest absolute Gasteiger partial charge is 0.449 e. The van der Waals surface area contributed by atoms with Crippen molar-refractivity contribution in [1.82, 2.24) is 5.32 Å². The van der Waals surface area contributed by atoms with E-state index in [1.165, 1.54) is 22.7 Å². The fourth-order valence-corrected chi connectivity index (χ4v) is 4.88. The molecular formula is C22H13BrCl2N2O3S2. The summed E-state index contributed by atoms with van der Waals surface area (Å²) in [5, 5.41) is 4.24. The molecule has 0 unspecified atom stereocenters. The Bertz CT molecular complexity index is 1290. The molecule has 0 saturated carbocycles. The van der Waals surface area contributed by atoms with E-state index >= 15 is 0 Å². The Morgan fingerprint density at radius 1 is 1.16 bits per heavy atom. The van der Waals surface area contributed by atoms with Gasteiger partial charge in [0.25, 0.3) is 11.8 Å². The predicted octanol–water partition coefficient (Wildman–Crippen LogP) is 6.64. The lowest BCUT2D eigenvalue weighted by Crippen LogP contribution is -2.54. The summed E-state index contributed by atoms with van der Waals surface area (Å²) in [6.45, 7) is 1.78. The van der Waals surface area contributed by atoms with Crippen LogP contribution in [0.5, 0.6) is 0 Å². The number of amides is 2. The van der Waals surface area contributed by atoms with E-state index in [-0.39, 0.29) is 10.7 Å². The van der Waals surface area contributed by atoms with E-state index < -0.39 is 11.8 Å². The lowest BCUT2D eigenvalue weighted by Gasteiger charge is -2.30. The highest BCUT2D eigenvalue weighted by Crippen LogP contribution is 2.37. The zero-order chi connectivity index (χ0) is 23.0. The summed E-state index contributed by atoms with van der Waals surface area (Å²) in [5.74, 6) is -0.832. The zero-order valence-corrected chi connectivity index (χ0v) is 21.0. The third kappa shape index (κ3) is 4.65. The SMILES string of the molecule is Cc1c(Cl)cccc1N1C(=O)/C(=C/c2cc(Br)c(Sc3ccc(Cl)cc3)o2)C(=O)NC1=S. The first-order valence-electron chi connectivity index (χ1n) is 9.14. The lowest BCUT2D eigenvalue weighted by molar-refractivity contribution is -0.122. The molecule has 3 aromatic rings. The van der Waals surface area contributed by atoms with Gasteiger partial charge in [0.15, 0.2) is 10.2 Å². The van der Waals surface area contributed by atoms with Gasteiger partial charge in [-0.2, -0.15) is 0 Å². The summed E-state index contributed by atoms with van der Waals surface area (Å²) in [4.78, 5) is 28.0. The van der Waals surface area contributed by atoms with Crippen LogP contribution in [0.25, 0.3) is 6.08 Å². The van der Waals surface area contributed by atoms with Crippen LogP contribution in [0.3, 0.4) is 0 Å². The summed E-state index contributed by atoms with van der Waals surface area (Å²) in [7, 11) is 0. The Morgan fingerprint density at radius 3 is 2.59 bits per heavy atom. The van der Waals surface area contributed by atoms with Gasteiger partial charge in [0, 0.05) is 14.9 Å². The highest BCUT2D eigenvalue weighted by atomic mass is 79.9. The molecule has 2 amide bonds. The van der Waals surface area contributed by atoms with Crippen LogP contribution in [-0.4, -0.2) is 16.9 Å². The Balaban J connectivity index is 1.66. The molecule has 4 rings (SSSR count). The number of hydrogen-bond donors (Lipinski definition) is 1. The minimum absolute atomic E-state index is 0.0119. The van der Waals surface area contributed by atoms with Gasteiger partial charge < -0.3 is 4.42 Å². The van der Waals surface area contributed by atoms with Crippen molar-refractivity contribution < 1.29 is 14.0 Å². The number of furan rings is 1. The van der Waals surface area contributed by atoms with Crippen LogP contribution in [0.2, 0.25) is 10.0 Å². The fourth-order valence-electron chi connectivity index (χ4n) is 2.98. The van der Waals surface area contributed by atoms with Crippen molar-refractivity contribution in [2.75, 3.05) is 4.90 Å². The van der Waals surface area contributed by atoms with Crippen LogP contribution in [0.4, 0.5) is 5.69 Å². The first-order chi connectivity index (χ1) is 15.2. The number of anilines is 1. The lowest BCUT2D eigenvalue weighted by atomic mass is 10.1. The number of carbonyl (C=O) groups excluding carboxylic acids is 2. The molecule has 0 bridgehead atoms. The van der Waals surface area contributed by atoms with Crippen LogP contribution in [0.15, 0.2) is 73.0 Å². The second-order valence-electron chi connectivity index (χ2n) is 6.68. The normalized spacial score (nSPS) is 15.4. The van der Waals surface area contributed by atoms with Crippen LogP contribution >= 0.6 is 63.1 Å². The van der Waals surface area contributed by atoms with Crippen LogP contribution in [-0.2, 0) is 9.59 Å². The van der Waals surface area contributed by atoms with Gasteiger partial charge in [-0.3, -0.25) is 19.8 Å². The van der Waals surface area contributed by atoms with Gasteiger partial charge in [-0.15, -0.1) is 0 Å². The van der Waals surface area contributed by atoms with Gasteiger partial charge in [0.05, 0.1) is 10.2 Å². The molecule has 0 spiro atoms. The maximum atomic E-state index is 13.2. The Labute approximate surface area is 211 Å². The molecule has 1 aromatic heterocycles. The molecule has 1 saturated heterocycles. The maximum Gasteiger partial charge on any atom is 0.270 e. The zero-order valence-electron chi connectivity index (χ0n) is 16.3. The Morgan fingerprint density at radius 2 is 1.88 bits per heavy atom.